The second-order valence-electron chi connectivity index (χ2n) is 4.18. The fourth-order valence-electron chi connectivity index (χ4n) is 1.63. The molecular weight excluding hydrogens is 212 g/mol. The van der Waals surface area contributed by atoms with Crippen LogP contribution in [0.3, 0.4) is 0 Å². The van der Waals surface area contributed by atoms with Gasteiger partial charge in [-0.2, -0.15) is 0 Å². The van der Waals surface area contributed by atoms with E-state index in [1.165, 1.54) is 0 Å². The first-order valence-corrected chi connectivity index (χ1v) is 5.94. The fraction of sp³-hybridized carbons (Fsp3) is 0.357. The topological polar surface area (TPSA) is 34.1 Å². The zero-order chi connectivity index (χ0) is 12.1. The van der Waals surface area contributed by atoms with E-state index in [1.54, 1.807) is 6.20 Å². The lowest BCUT2D eigenvalue weighted by molar-refractivity contribution is 0.294. The number of fused-ring (bicyclic) bond motifs is 1. The number of pyridine rings is 1. The van der Waals surface area contributed by atoms with Gasteiger partial charge >= 0.3 is 0 Å². The van der Waals surface area contributed by atoms with Crippen LogP contribution < -0.4 is 10.1 Å². The number of aromatic nitrogens is 1. The molecule has 1 N–H and O–H groups in total. The monoisotopic (exact) mass is 230 g/mol. The van der Waals surface area contributed by atoms with Crippen LogP contribution >= 0.6 is 0 Å². The lowest BCUT2D eigenvalue weighted by atomic mass is 10.2. The maximum absolute atomic E-state index is 5.71. The molecule has 0 fully saturated rings. The second kappa shape index (κ2) is 5.64. The predicted octanol–water partition coefficient (Wildman–Crippen LogP) is 2.61. The first-order valence-electron chi connectivity index (χ1n) is 5.94. The molecule has 1 aromatic heterocycles. The Bertz CT molecular complexity index is 484. The summed E-state index contributed by atoms with van der Waals surface area (Å²) in [7, 11) is 1.96. The van der Waals surface area contributed by atoms with E-state index in [4.69, 9.17) is 4.74 Å². The van der Waals surface area contributed by atoms with E-state index in [1.807, 2.05) is 31.3 Å². The molecule has 1 atom stereocenters. The highest BCUT2D eigenvalue weighted by atomic mass is 16.5. The molecule has 0 amide bonds. The Kier molecular flexibility index (Phi) is 3.94. The first-order chi connectivity index (χ1) is 8.29. The summed E-state index contributed by atoms with van der Waals surface area (Å²) >= 11 is 0. The molecule has 0 spiro atoms. The van der Waals surface area contributed by atoms with E-state index < -0.39 is 0 Å². The summed E-state index contributed by atoms with van der Waals surface area (Å²) in [4.78, 5) is 4.31. The summed E-state index contributed by atoms with van der Waals surface area (Å²) in [6.07, 6.45) is 2.80. The number of benzene rings is 1. The minimum atomic E-state index is 0.480. The Hall–Kier alpha value is -1.61. The largest absolute Gasteiger partial charge is 0.493 e. The van der Waals surface area contributed by atoms with E-state index in [2.05, 4.69) is 23.3 Å². The first kappa shape index (κ1) is 11.9. The van der Waals surface area contributed by atoms with Gasteiger partial charge in [-0.25, -0.2) is 0 Å². The van der Waals surface area contributed by atoms with Crippen LogP contribution in [0.1, 0.15) is 13.3 Å². The van der Waals surface area contributed by atoms with Gasteiger partial charge in [0.2, 0.25) is 0 Å². The third-order valence-corrected chi connectivity index (χ3v) is 2.89. The van der Waals surface area contributed by atoms with Gasteiger partial charge < -0.3 is 10.1 Å². The molecule has 2 aromatic rings. The summed E-state index contributed by atoms with van der Waals surface area (Å²) < 4.78 is 5.71. The normalized spacial score (nSPS) is 12.6. The highest BCUT2D eigenvalue weighted by Gasteiger charge is 2.00. The van der Waals surface area contributed by atoms with Crippen molar-refractivity contribution >= 4 is 10.9 Å². The number of hydrogen-bond acceptors (Lipinski definition) is 3. The highest BCUT2D eigenvalue weighted by Crippen LogP contribution is 2.18. The minimum Gasteiger partial charge on any atom is -0.493 e. The van der Waals surface area contributed by atoms with Crippen LogP contribution in [0.15, 0.2) is 36.5 Å². The average Bonchev–Trinajstić information content (AvgIpc) is 2.38. The van der Waals surface area contributed by atoms with Crippen molar-refractivity contribution in [3.63, 3.8) is 0 Å². The molecule has 90 valence electrons. The Labute approximate surface area is 102 Å². The van der Waals surface area contributed by atoms with Gasteiger partial charge in [0.1, 0.15) is 5.75 Å². The summed E-state index contributed by atoms with van der Waals surface area (Å²) in [5.41, 5.74) is 0.978. The lowest BCUT2D eigenvalue weighted by Gasteiger charge is -2.11. The van der Waals surface area contributed by atoms with Gasteiger partial charge in [-0.3, -0.25) is 4.98 Å². The van der Waals surface area contributed by atoms with Crippen LogP contribution in [0.5, 0.6) is 5.75 Å². The van der Waals surface area contributed by atoms with Gasteiger partial charge in [0.05, 0.1) is 12.1 Å². The van der Waals surface area contributed by atoms with Gasteiger partial charge in [-0.15, -0.1) is 0 Å². The molecule has 1 heterocycles. The van der Waals surface area contributed by atoms with Crippen molar-refractivity contribution in [3.8, 4) is 5.75 Å². The molecule has 0 saturated carbocycles. The molecule has 0 saturated heterocycles. The van der Waals surface area contributed by atoms with E-state index in [0.717, 1.165) is 29.7 Å². The molecular formula is C14H18N2O. The van der Waals surface area contributed by atoms with Crippen LogP contribution in [0.25, 0.3) is 10.9 Å². The van der Waals surface area contributed by atoms with Gasteiger partial charge in [0.25, 0.3) is 0 Å². The SMILES string of the molecule is CNC(C)CCOc1ccc2cccnc2c1. The zero-order valence-electron chi connectivity index (χ0n) is 10.3. The van der Waals surface area contributed by atoms with Crippen LogP contribution in [-0.4, -0.2) is 24.7 Å². The maximum Gasteiger partial charge on any atom is 0.121 e. The minimum absolute atomic E-state index is 0.480. The van der Waals surface area contributed by atoms with E-state index in [0.29, 0.717) is 6.04 Å². The molecule has 0 radical (unpaired) electrons. The van der Waals surface area contributed by atoms with Crippen molar-refractivity contribution in [3.05, 3.63) is 36.5 Å². The summed E-state index contributed by atoms with van der Waals surface area (Å²) in [5, 5.41) is 4.33. The molecule has 0 bridgehead atoms. The number of hydrogen-bond donors (Lipinski definition) is 1. The van der Waals surface area contributed by atoms with E-state index in [9.17, 15) is 0 Å². The summed E-state index contributed by atoms with van der Waals surface area (Å²) in [6, 6.07) is 10.5. The predicted molar refractivity (Wildman–Crippen MR) is 70.4 cm³/mol. The van der Waals surface area contributed by atoms with Crippen LogP contribution in [-0.2, 0) is 0 Å². The van der Waals surface area contributed by atoms with Crippen molar-refractivity contribution in [2.75, 3.05) is 13.7 Å². The molecule has 3 nitrogen and oxygen atoms in total. The Balaban J connectivity index is 1.99. The molecule has 0 aliphatic rings. The molecule has 17 heavy (non-hydrogen) atoms. The molecule has 2 rings (SSSR count). The van der Waals surface area contributed by atoms with E-state index >= 15 is 0 Å². The second-order valence-corrected chi connectivity index (χ2v) is 4.18. The Morgan fingerprint density at radius 3 is 3.06 bits per heavy atom. The molecule has 0 aliphatic carbocycles. The number of rotatable bonds is 5. The van der Waals surface area contributed by atoms with E-state index in [-0.39, 0.29) is 0 Å². The van der Waals surface area contributed by atoms with Crippen LogP contribution in [0.2, 0.25) is 0 Å². The molecule has 3 heteroatoms. The number of ether oxygens (including phenoxy) is 1. The Morgan fingerprint density at radius 1 is 1.35 bits per heavy atom. The standard InChI is InChI=1S/C14H18N2O/c1-11(15-2)7-9-17-13-6-5-12-4-3-8-16-14(12)10-13/h3-6,8,10-11,15H,7,9H2,1-2H3. The van der Waals surface area contributed by atoms with Crippen molar-refractivity contribution in [1.29, 1.82) is 0 Å². The zero-order valence-corrected chi connectivity index (χ0v) is 10.3. The van der Waals surface area contributed by atoms with Gasteiger partial charge in [-0.1, -0.05) is 6.07 Å². The molecule has 0 aliphatic heterocycles. The number of nitrogens with zero attached hydrogens (tertiary/aromatic N) is 1. The van der Waals surface area contributed by atoms with Crippen molar-refractivity contribution in [1.82, 2.24) is 10.3 Å². The third-order valence-electron chi connectivity index (χ3n) is 2.89. The summed E-state index contributed by atoms with van der Waals surface area (Å²) in [5.74, 6) is 0.888. The quantitative estimate of drug-likeness (QED) is 0.857. The fourth-order valence-corrected chi connectivity index (χ4v) is 1.63. The van der Waals surface area contributed by atoms with Crippen molar-refractivity contribution < 1.29 is 4.74 Å². The van der Waals surface area contributed by atoms with Crippen molar-refractivity contribution in [2.24, 2.45) is 0 Å². The lowest BCUT2D eigenvalue weighted by Crippen LogP contribution is -2.23. The van der Waals surface area contributed by atoms with Gasteiger partial charge in [-0.05, 0) is 38.6 Å². The Morgan fingerprint density at radius 2 is 2.24 bits per heavy atom. The maximum atomic E-state index is 5.71. The third kappa shape index (κ3) is 3.17. The van der Waals surface area contributed by atoms with Gasteiger partial charge in [0.15, 0.2) is 0 Å². The van der Waals surface area contributed by atoms with Crippen molar-refractivity contribution in [2.45, 2.75) is 19.4 Å². The smallest absolute Gasteiger partial charge is 0.121 e. The molecule has 1 unspecified atom stereocenters. The van der Waals surface area contributed by atoms with Gasteiger partial charge in [0, 0.05) is 23.7 Å². The van der Waals surface area contributed by atoms with Crippen LogP contribution in [0, 0.1) is 0 Å². The molecule has 1 aromatic carbocycles. The summed E-state index contributed by atoms with van der Waals surface area (Å²) in [6.45, 7) is 2.87. The average molecular weight is 230 g/mol. The van der Waals surface area contributed by atoms with Crippen LogP contribution in [0.4, 0.5) is 0 Å². The number of nitrogens with one attached hydrogen (secondary N) is 1. The highest BCUT2D eigenvalue weighted by molar-refractivity contribution is 5.79.